The van der Waals surface area contributed by atoms with Gasteiger partial charge in [0.2, 0.25) is 5.91 Å². The van der Waals surface area contributed by atoms with Crippen molar-refractivity contribution < 1.29 is 4.79 Å². The molecule has 2 atom stereocenters. The highest BCUT2D eigenvalue weighted by molar-refractivity contribution is 6.42. The van der Waals surface area contributed by atoms with Crippen LogP contribution in [-0.2, 0) is 4.79 Å². The molecule has 0 bridgehead atoms. The van der Waals surface area contributed by atoms with Crippen LogP contribution in [-0.4, -0.2) is 31.6 Å². The smallest absolute Gasteiger partial charge is 0.243 e. The number of carbonyl (C=O) groups is 1. The van der Waals surface area contributed by atoms with Gasteiger partial charge in [-0.25, -0.2) is 0 Å². The lowest BCUT2D eigenvalue weighted by Gasteiger charge is -2.29. The van der Waals surface area contributed by atoms with Gasteiger partial charge >= 0.3 is 0 Å². The number of carbonyl (C=O) groups excluding carboxylic acids is 1. The summed E-state index contributed by atoms with van der Waals surface area (Å²) in [5.41, 5.74) is 5.28. The lowest BCUT2D eigenvalue weighted by atomic mass is 9.91. The van der Waals surface area contributed by atoms with E-state index in [1.165, 1.54) is 5.56 Å². The van der Waals surface area contributed by atoms with E-state index in [2.05, 4.69) is 28.5 Å². The fraction of sp³-hybridized carbons (Fsp3) is 0.409. The molecular formula is C22H25Cl2N3O. The minimum absolute atomic E-state index is 0.0106. The van der Waals surface area contributed by atoms with E-state index in [-0.39, 0.29) is 11.9 Å². The highest BCUT2D eigenvalue weighted by atomic mass is 35.5. The van der Waals surface area contributed by atoms with Crippen molar-refractivity contribution >= 4 is 40.5 Å². The van der Waals surface area contributed by atoms with Crippen LogP contribution in [0.15, 0.2) is 30.3 Å². The lowest BCUT2D eigenvalue weighted by molar-refractivity contribution is -0.115. The second kappa shape index (κ2) is 7.94. The number of fused-ring (bicyclic) bond motifs is 3. The molecule has 6 heteroatoms. The van der Waals surface area contributed by atoms with Crippen LogP contribution < -0.4 is 15.5 Å². The van der Waals surface area contributed by atoms with Crippen LogP contribution in [0.1, 0.15) is 35.4 Å². The minimum Gasteiger partial charge on any atom is -0.358 e. The zero-order valence-corrected chi connectivity index (χ0v) is 17.7. The minimum atomic E-state index is -0.0106. The molecule has 2 N–H and O–H groups in total. The zero-order valence-electron chi connectivity index (χ0n) is 16.2. The van der Waals surface area contributed by atoms with Crippen molar-refractivity contribution in [3.05, 3.63) is 57.1 Å². The predicted octanol–water partition coefficient (Wildman–Crippen LogP) is 4.90. The Hall–Kier alpha value is -1.75. The number of amides is 1. The van der Waals surface area contributed by atoms with Gasteiger partial charge in [-0.15, -0.1) is 0 Å². The lowest BCUT2D eigenvalue weighted by Crippen LogP contribution is -2.40. The molecule has 0 aromatic heterocycles. The maximum Gasteiger partial charge on any atom is 0.243 e. The largest absolute Gasteiger partial charge is 0.358 e. The summed E-state index contributed by atoms with van der Waals surface area (Å²) in [5.74, 6) is 0.285. The zero-order chi connectivity index (χ0) is 19.8. The van der Waals surface area contributed by atoms with Crippen LogP contribution in [0.4, 0.5) is 11.4 Å². The fourth-order valence-corrected chi connectivity index (χ4v) is 4.97. The van der Waals surface area contributed by atoms with Crippen LogP contribution in [0.25, 0.3) is 0 Å². The molecule has 0 saturated carbocycles. The number of halogens is 2. The van der Waals surface area contributed by atoms with Crippen LogP contribution in [0.3, 0.4) is 0 Å². The van der Waals surface area contributed by atoms with E-state index in [9.17, 15) is 4.79 Å². The average molecular weight is 418 g/mol. The SMILES string of the molecule is Cc1cccc(NC(=O)CN2c3ccc(Cl)c(Cl)c3[C@H]3CCNCC[C@@H]32)c1C. The molecule has 4 nitrogen and oxygen atoms in total. The first-order valence-electron chi connectivity index (χ1n) is 9.78. The third-order valence-electron chi connectivity index (χ3n) is 6.10. The van der Waals surface area contributed by atoms with Crippen LogP contribution in [0, 0.1) is 13.8 Å². The third-order valence-corrected chi connectivity index (χ3v) is 6.92. The molecule has 0 radical (unpaired) electrons. The Bertz CT molecular complexity index is 915. The maximum atomic E-state index is 12.9. The van der Waals surface area contributed by atoms with Gasteiger partial charge in [-0.1, -0.05) is 35.3 Å². The molecule has 0 spiro atoms. The second-order valence-electron chi connectivity index (χ2n) is 7.72. The Morgan fingerprint density at radius 1 is 1.18 bits per heavy atom. The van der Waals surface area contributed by atoms with Crippen LogP contribution in [0.5, 0.6) is 0 Å². The summed E-state index contributed by atoms with van der Waals surface area (Å²) < 4.78 is 0. The molecule has 1 fully saturated rings. The van der Waals surface area contributed by atoms with E-state index < -0.39 is 0 Å². The maximum absolute atomic E-state index is 12.9. The van der Waals surface area contributed by atoms with Gasteiger partial charge in [-0.05, 0) is 69.1 Å². The molecule has 0 unspecified atom stereocenters. The fourth-order valence-electron chi connectivity index (χ4n) is 4.51. The van der Waals surface area contributed by atoms with Gasteiger partial charge in [0.15, 0.2) is 0 Å². The highest BCUT2D eigenvalue weighted by Crippen LogP contribution is 2.49. The number of rotatable bonds is 3. The van der Waals surface area contributed by atoms with Gasteiger partial charge in [0.1, 0.15) is 0 Å². The summed E-state index contributed by atoms with van der Waals surface area (Å²) in [6.45, 7) is 6.28. The molecule has 28 heavy (non-hydrogen) atoms. The quantitative estimate of drug-likeness (QED) is 0.745. The predicted molar refractivity (Wildman–Crippen MR) is 117 cm³/mol. The number of hydrogen-bond acceptors (Lipinski definition) is 3. The van der Waals surface area contributed by atoms with Crippen molar-refractivity contribution in [2.75, 3.05) is 29.9 Å². The van der Waals surface area contributed by atoms with Crippen molar-refractivity contribution in [1.29, 1.82) is 0 Å². The van der Waals surface area contributed by atoms with E-state index in [1.807, 2.05) is 31.2 Å². The molecule has 2 aromatic carbocycles. The Balaban J connectivity index is 1.62. The molecular weight excluding hydrogens is 393 g/mol. The highest BCUT2D eigenvalue weighted by Gasteiger charge is 2.41. The monoisotopic (exact) mass is 417 g/mol. The Labute approximate surface area is 176 Å². The van der Waals surface area contributed by atoms with Gasteiger partial charge in [-0.3, -0.25) is 4.79 Å². The molecule has 2 aliphatic rings. The normalized spacial score (nSPS) is 21.1. The van der Waals surface area contributed by atoms with Gasteiger partial charge in [-0.2, -0.15) is 0 Å². The molecule has 0 aliphatic carbocycles. The van der Waals surface area contributed by atoms with E-state index in [1.54, 1.807) is 0 Å². The van der Waals surface area contributed by atoms with E-state index >= 15 is 0 Å². The number of hydrogen-bond donors (Lipinski definition) is 2. The van der Waals surface area contributed by atoms with Gasteiger partial charge in [0, 0.05) is 28.9 Å². The van der Waals surface area contributed by atoms with E-state index in [0.29, 0.717) is 22.5 Å². The summed E-state index contributed by atoms with van der Waals surface area (Å²) in [6, 6.07) is 10.1. The number of aryl methyl sites for hydroxylation is 1. The van der Waals surface area contributed by atoms with Crippen LogP contribution in [0.2, 0.25) is 10.0 Å². The summed E-state index contributed by atoms with van der Waals surface area (Å²) in [5, 5.41) is 7.77. The molecule has 2 aromatic rings. The molecule has 1 amide bonds. The van der Waals surface area contributed by atoms with Crippen molar-refractivity contribution in [3.63, 3.8) is 0 Å². The van der Waals surface area contributed by atoms with Crippen molar-refractivity contribution in [2.24, 2.45) is 0 Å². The van der Waals surface area contributed by atoms with Gasteiger partial charge < -0.3 is 15.5 Å². The van der Waals surface area contributed by atoms with Crippen LogP contribution >= 0.6 is 23.2 Å². The topological polar surface area (TPSA) is 44.4 Å². The molecule has 2 heterocycles. The molecule has 1 saturated heterocycles. The number of benzene rings is 2. The summed E-state index contributed by atoms with van der Waals surface area (Å²) in [4.78, 5) is 15.1. The van der Waals surface area contributed by atoms with Crippen molar-refractivity contribution in [3.8, 4) is 0 Å². The first kappa shape index (κ1) is 19.6. The Morgan fingerprint density at radius 2 is 1.96 bits per heavy atom. The number of nitrogens with one attached hydrogen (secondary N) is 2. The summed E-state index contributed by atoms with van der Waals surface area (Å²) in [7, 11) is 0. The second-order valence-corrected chi connectivity index (χ2v) is 8.50. The Morgan fingerprint density at radius 3 is 2.79 bits per heavy atom. The molecule has 4 rings (SSSR count). The van der Waals surface area contributed by atoms with E-state index in [0.717, 1.165) is 48.4 Å². The van der Waals surface area contributed by atoms with Crippen molar-refractivity contribution in [2.45, 2.75) is 38.6 Å². The summed E-state index contributed by atoms with van der Waals surface area (Å²) >= 11 is 12.9. The molecule has 2 aliphatic heterocycles. The number of nitrogens with zero attached hydrogens (tertiary/aromatic N) is 1. The summed E-state index contributed by atoms with van der Waals surface area (Å²) in [6.07, 6.45) is 1.97. The average Bonchev–Trinajstić information content (AvgIpc) is 2.82. The first-order valence-corrected chi connectivity index (χ1v) is 10.5. The van der Waals surface area contributed by atoms with E-state index in [4.69, 9.17) is 23.2 Å². The van der Waals surface area contributed by atoms with Crippen molar-refractivity contribution in [1.82, 2.24) is 5.32 Å². The standard InChI is InChI=1S/C22H25Cl2N3O/c1-13-4-3-5-17(14(13)2)26-20(28)12-27-18-9-11-25-10-8-15(18)21-19(27)7-6-16(23)22(21)24/h3-7,15,18,25H,8-12H2,1-2H3,(H,26,28)/t15-,18-/m0/s1. The van der Waals surface area contributed by atoms with Gasteiger partial charge in [0.05, 0.1) is 16.6 Å². The number of anilines is 2. The van der Waals surface area contributed by atoms with Gasteiger partial charge in [0.25, 0.3) is 0 Å². The first-order chi connectivity index (χ1) is 13.5. The Kier molecular flexibility index (Phi) is 5.55. The molecule has 148 valence electrons. The third kappa shape index (κ3) is 3.49.